The van der Waals surface area contributed by atoms with Gasteiger partial charge in [0.15, 0.2) is 0 Å². The summed E-state index contributed by atoms with van der Waals surface area (Å²) in [4.78, 5) is 4.09. The fourth-order valence-electron chi connectivity index (χ4n) is 1.26. The van der Waals surface area contributed by atoms with Gasteiger partial charge in [-0.15, -0.1) is 0 Å². The molecule has 0 spiro atoms. The Hall–Kier alpha value is -2.02. The van der Waals surface area contributed by atoms with Crippen LogP contribution in [-0.2, 0) is 4.74 Å². The Morgan fingerprint density at radius 2 is 2.50 bits per heavy atom. The molecule has 1 saturated heterocycles. The van der Waals surface area contributed by atoms with Crippen molar-refractivity contribution in [3.8, 4) is 6.07 Å². The van der Waals surface area contributed by atoms with Crippen molar-refractivity contribution in [2.75, 3.05) is 13.2 Å². The van der Waals surface area contributed by atoms with Crippen LogP contribution in [0.3, 0.4) is 0 Å². The van der Waals surface area contributed by atoms with Gasteiger partial charge in [-0.05, 0) is 12.1 Å². The zero-order valence-corrected chi connectivity index (χ0v) is 7.53. The summed E-state index contributed by atoms with van der Waals surface area (Å²) in [6.07, 6.45) is 1.65. The number of nitrogens with zero attached hydrogens (tertiary/aromatic N) is 2. The second-order valence-electron chi connectivity index (χ2n) is 2.81. The van der Waals surface area contributed by atoms with E-state index in [1.807, 2.05) is 12.1 Å². The quantitative estimate of drug-likeness (QED) is 0.663. The van der Waals surface area contributed by atoms with Gasteiger partial charge in [0.2, 0.25) is 5.88 Å². The van der Waals surface area contributed by atoms with Crippen molar-refractivity contribution >= 4 is 5.57 Å². The Bertz CT molecular complexity index is 384. The maximum absolute atomic E-state index is 8.97. The first-order valence-electron chi connectivity index (χ1n) is 4.34. The monoisotopic (exact) mass is 187 g/mol. The van der Waals surface area contributed by atoms with E-state index >= 15 is 0 Å². The maximum Gasteiger partial charge on any atom is 0.207 e. The number of nitrogens with one attached hydrogen (secondary N) is 1. The molecule has 0 radical (unpaired) electrons. The molecule has 0 aromatic carbocycles. The Balaban J connectivity index is 2.40. The van der Waals surface area contributed by atoms with Crippen LogP contribution in [0.4, 0.5) is 0 Å². The van der Waals surface area contributed by atoms with E-state index in [-0.39, 0.29) is 0 Å². The minimum absolute atomic E-state index is 0.461. The van der Waals surface area contributed by atoms with Gasteiger partial charge in [-0.25, -0.2) is 0 Å². The summed E-state index contributed by atoms with van der Waals surface area (Å²) >= 11 is 0. The van der Waals surface area contributed by atoms with Crippen LogP contribution in [0.15, 0.2) is 30.3 Å². The molecule has 2 heterocycles. The van der Waals surface area contributed by atoms with E-state index in [0.717, 1.165) is 6.54 Å². The van der Waals surface area contributed by atoms with Crippen molar-refractivity contribution in [2.45, 2.75) is 0 Å². The standard InChI is InChI=1S/C10H9N3O/c11-7-8(10-13-5-6-14-10)9-3-1-2-4-12-9/h1-4,13H,5-6H2/b10-8+. The lowest BCUT2D eigenvalue weighted by molar-refractivity contribution is 0.267. The maximum atomic E-state index is 8.97. The third-order valence-electron chi connectivity index (χ3n) is 1.89. The van der Waals surface area contributed by atoms with Crippen molar-refractivity contribution in [1.29, 1.82) is 5.26 Å². The van der Waals surface area contributed by atoms with E-state index in [0.29, 0.717) is 23.8 Å². The molecular weight excluding hydrogens is 178 g/mol. The van der Waals surface area contributed by atoms with Gasteiger partial charge >= 0.3 is 0 Å². The third-order valence-corrected chi connectivity index (χ3v) is 1.89. The fraction of sp³-hybridized carbons (Fsp3) is 0.200. The molecule has 0 aliphatic carbocycles. The van der Waals surface area contributed by atoms with Crippen molar-refractivity contribution in [2.24, 2.45) is 0 Å². The van der Waals surface area contributed by atoms with Gasteiger partial charge in [0.05, 0.1) is 12.2 Å². The average Bonchev–Trinajstić information content (AvgIpc) is 2.74. The largest absolute Gasteiger partial charge is 0.476 e. The Kier molecular flexibility index (Phi) is 2.32. The molecule has 0 atom stereocenters. The molecule has 1 aliphatic heterocycles. The minimum atomic E-state index is 0.461. The summed E-state index contributed by atoms with van der Waals surface area (Å²) in [5.41, 5.74) is 1.10. The van der Waals surface area contributed by atoms with E-state index in [4.69, 9.17) is 10.00 Å². The minimum Gasteiger partial charge on any atom is -0.476 e. The molecule has 0 bridgehead atoms. The number of pyridine rings is 1. The lowest BCUT2D eigenvalue weighted by atomic mass is 10.2. The number of nitriles is 1. The molecule has 2 rings (SSSR count). The van der Waals surface area contributed by atoms with Crippen LogP contribution in [-0.4, -0.2) is 18.1 Å². The highest BCUT2D eigenvalue weighted by atomic mass is 16.5. The van der Waals surface area contributed by atoms with Gasteiger partial charge in [0.25, 0.3) is 0 Å². The molecule has 0 saturated carbocycles. The molecule has 0 amide bonds. The highest BCUT2D eigenvalue weighted by Gasteiger charge is 2.15. The van der Waals surface area contributed by atoms with Crippen molar-refractivity contribution in [3.63, 3.8) is 0 Å². The van der Waals surface area contributed by atoms with Crippen LogP contribution in [0.2, 0.25) is 0 Å². The SMILES string of the molecule is N#C/C(=C1/NCCO1)c1ccccn1. The van der Waals surface area contributed by atoms with Gasteiger partial charge in [0.1, 0.15) is 18.2 Å². The van der Waals surface area contributed by atoms with Crippen molar-refractivity contribution in [3.05, 3.63) is 36.0 Å². The first-order valence-corrected chi connectivity index (χ1v) is 4.34. The topological polar surface area (TPSA) is 57.9 Å². The average molecular weight is 187 g/mol. The summed E-state index contributed by atoms with van der Waals surface area (Å²) in [7, 11) is 0. The van der Waals surface area contributed by atoms with E-state index in [1.54, 1.807) is 12.3 Å². The molecule has 14 heavy (non-hydrogen) atoms. The first-order chi connectivity index (χ1) is 6.92. The predicted octanol–water partition coefficient (Wildman–Crippen LogP) is 0.894. The number of allylic oxidation sites excluding steroid dienone is 1. The van der Waals surface area contributed by atoms with E-state index in [9.17, 15) is 0 Å². The molecule has 4 heteroatoms. The Labute approximate surface area is 81.8 Å². The summed E-state index contributed by atoms with van der Waals surface area (Å²) in [5.74, 6) is 0.534. The third kappa shape index (κ3) is 1.52. The van der Waals surface area contributed by atoms with Crippen LogP contribution in [0.5, 0.6) is 0 Å². The molecule has 1 N–H and O–H groups in total. The Morgan fingerprint density at radius 1 is 1.57 bits per heavy atom. The lowest BCUT2D eigenvalue weighted by Gasteiger charge is -2.02. The molecule has 1 aromatic rings. The second-order valence-corrected chi connectivity index (χ2v) is 2.81. The summed E-state index contributed by atoms with van der Waals surface area (Å²) in [5, 5.41) is 12.0. The Morgan fingerprint density at radius 3 is 3.07 bits per heavy atom. The zero-order valence-electron chi connectivity index (χ0n) is 7.53. The number of ether oxygens (including phenoxy) is 1. The van der Waals surface area contributed by atoms with Crippen LogP contribution >= 0.6 is 0 Å². The van der Waals surface area contributed by atoms with Crippen molar-refractivity contribution < 1.29 is 4.74 Å². The molecule has 1 aromatic heterocycles. The van der Waals surface area contributed by atoms with E-state index in [1.165, 1.54) is 0 Å². The van der Waals surface area contributed by atoms with Gasteiger partial charge in [0, 0.05) is 6.20 Å². The van der Waals surface area contributed by atoms with Crippen molar-refractivity contribution in [1.82, 2.24) is 10.3 Å². The van der Waals surface area contributed by atoms with Gasteiger partial charge in [-0.2, -0.15) is 5.26 Å². The van der Waals surface area contributed by atoms with Crippen LogP contribution in [0.25, 0.3) is 5.57 Å². The number of hydrogen-bond donors (Lipinski definition) is 1. The molecule has 4 nitrogen and oxygen atoms in total. The summed E-state index contributed by atoms with van der Waals surface area (Å²) < 4.78 is 5.27. The predicted molar refractivity (Wildman–Crippen MR) is 50.7 cm³/mol. The molecule has 1 fully saturated rings. The lowest BCUT2D eigenvalue weighted by Crippen LogP contribution is -2.07. The fourth-order valence-corrected chi connectivity index (χ4v) is 1.26. The van der Waals surface area contributed by atoms with Crippen LogP contribution in [0.1, 0.15) is 5.69 Å². The molecule has 1 aliphatic rings. The normalized spacial score (nSPS) is 17.9. The van der Waals surface area contributed by atoms with E-state index < -0.39 is 0 Å². The summed E-state index contributed by atoms with van der Waals surface area (Å²) in [6, 6.07) is 7.53. The van der Waals surface area contributed by atoms with Gasteiger partial charge in [-0.3, -0.25) is 4.98 Å². The van der Waals surface area contributed by atoms with Crippen LogP contribution in [0, 0.1) is 11.3 Å². The van der Waals surface area contributed by atoms with Crippen LogP contribution < -0.4 is 5.32 Å². The highest BCUT2D eigenvalue weighted by molar-refractivity contribution is 5.75. The van der Waals surface area contributed by atoms with Gasteiger partial charge in [-0.1, -0.05) is 6.07 Å². The first kappa shape index (κ1) is 8.57. The van der Waals surface area contributed by atoms with E-state index in [2.05, 4.69) is 16.4 Å². The number of rotatable bonds is 1. The zero-order chi connectivity index (χ0) is 9.80. The smallest absolute Gasteiger partial charge is 0.207 e. The molecule has 0 unspecified atom stereocenters. The van der Waals surface area contributed by atoms with Gasteiger partial charge < -0.3 is 10.1 Å². The number of aromatic nitrogens is 1. The second kappa shape index (κ2) is 3.79. The number of hydrogen-bond acceptors (Lipinski definition) is 4. The molecule has 70 valence electrons. The summed E-state index contributed by atoms with van der Waals surface area (Å²) in [6.45, 7) is 1.35. The molecular formula is C10H9N3O. The highest BCUT2D eigenvalue weighted by Crippen LogP contribution is 2.16.